The van der Waals surface area contributed by atoms with Gasteiger partial charge in [0.15, 0.2) is 0 Å². The highest BCUT2D eigenvalue weighted by molar-refractivity contribution is 5.80. The minimum atomic E-state index is 0.0660. The molecule has 0 spiro atoms. The van der Waals surface area contributed by atoms with Gasteiger partial charge in [-0.15, -0.1) is 0 Å². The quantitative estimate of drug-likeness (QED) is 0.152. The van der Waals surface area contributed by atoms with Crippen LogP contribution in [-0.4, -0.2) is 12.1 Å². The number of Topliss-reactive ketones (excluding diaryl/α,β-unsaturated/α-hetero) is 1. The van der Waals surface area contributed by atoms with Gasteiger partial charge in [-0.25, -0.2) is 0 Å². The summed E-state index contributed by atoms with van der Waals surface area (Å²) in [5.74, 6) is 1.76. The Kier molecular flexibility index (Phi) is 11.0. The van der Waals surface area contributed by atoms with Crippen LogP contribution in [-0.2, 0) is 21.6 Å². The molecule has 194 valence electrons. The van der Waals surface area contributed by atoms with E-state index in [-0.39, 0.29) is 11.3 Å². The molecule has 0 aromatic heterocycles. The molecule has 0 amide bonds. The first kappa shape index (κ1) is 27.9. The summed E-state index contributed by atoms with van der Waals surface area (Å²) >= 11 is 0. The lowest BCUT2D eigenvalue weighted by molar-refractivity contribution is -0.121. The predicted octanol–water partition coefficient (Wildman–Crippen LogP) is 8.50. The van der Waals surface area contributed by atoms with Gasteiger partial charge in [0.05, 0.1) is 0 Å². The van der Waals surface area contributed by atoms with Crippen LogP contribution in [0, 0.1) is 5.92 Å². The lowest BCUT2D eigenvalue weighted by Crippen LogP contribution is -2.24. The average molecular weight is 489 g/mol. The first-order chi connectivity index (χ1) is 17.4. The molecular weight excluding hydrogens is 444 g/mol. The maximum atomic E-state index is 12.6. The molecule has 0 radical (unpaired) electrons. The standard InChI is InChI=1S/C33H44O3/c1-4-5-6-12-21-33(2,3)28-18-20-30(32(23-28)36-25-26-14-9-7-10-15-26)31-24-29(35)19-17-27(31)16-11-8-13-22-34/h7-11,14-15,18,20,22-23,27,31H,4-6,12-13,16-17,19,21,24-25H2,1-3H3/b11-8+/t27-,31-/m0/s1. The molecule has 2 atom stereocenters. The lowest BCUT2D eigenvalue weighted by Gasteiger charge is -2.33. The van der Waals surface area contributed by atoms with Gasteiger partial charge >= 0.3 is 0 Å². The second kappa shape index (κ2) is 14.2. The number of benzene rings is 2. The highest BCUT2D eigenvalue weighted by atomic mass is 16.5. The molecule has 3 nitrogen and oxygen atoms in total. The Labute approximate surface area is 218 Å². The fourth-order valence-corrected chi connectivity index (χ4v) is 5.39. The number of ether oxygens (including phenoxy) is 1. The molecule has 0 N–H and O–H groups in total. The Morgan fingerprint density at radius 2 is 1.83 bits per heavy atom. The summed E-state index contributed by atoms with van der Waals surface area (Å²) in [4.78, 5) is 23.3. The Balaban J connectivity index is 1.89. The average Bonchev–Trinajstić information content (AvgIpc) is 2.89. The van der Waals surface area contributed by atoms with Crippen molar-refractivity contribution in [3.63, 3.8) is 0 Å². The minimum absolute atomic E-state index is 0.0660. The lowest BCUT2D eigenvalue weighted by atomic mass is 9.72. The van der Waals surface area contributed by atoms with Gasteiger partial charge in [-0.2, -0.15) is 0 Å². The molecule has 0 aliphatic heterocycles. The second-order valence-electron chi connectivity index (χ2n) is 11.0. The number of aldehydes is 1. The molecule has 1 fully saturated rings. The molecule has 2 aromatic rings. The Morgan fingerprint density at radius 3 is 2.58 bits per heavy atom. The van der Waals surface area contributed by atoms with E-state index in [0.717, 1.165) is 42.4 Å². The Morgan fingerprint density at radius 1 is 1.03 bits per heavy atom. The summed E-state index contributed by atoms with van der Waals surface area (Å²) in [5.41, 5.74) is 3.66. The molecule has 0 heterocycles. The van der Waals surface area contributed by atoms with Crippen molar-refractivity contribution in [2.75, 3.05) is 0 Å². The van der Waals surface area contributed by atoms with Crippen LogP contribution < -0.4 is 4.74 Å². The van der Waals surface area contributed by atoms with Crippen LogP contribution in [0.4, 0.5) is 0 Å². The van der Waals surface area contributed by atoms with Gasteiger partial charge in [0.2, 0.25) is 0 Å². The summed E-state index contributed by atoms with van der Waals surface area (Å²) in [6.45, 7) is 7.43. The molecule has 1 aliphatic rings. The predicted molar refractivity (Wildman–Crippen MR) is 149 cm³/mol. The number of carbonyl (C=O) groups excluding carboxylic acids is 2. The summed E-state index contributed by atoms with van der Waals surface area (Å²) in [5, 5.41) is 0. The fraction of sp³-hybridized carbons (Fsp3) is 0.515. The molecule has 36 heavy (non-hydrogen) atoms. The van der Waals surface area contributed by atoms with E-state index >= 15 is 0 Å². The summed E-state index contributed by atoms with van der Waals surface area (Å²) in [6, 6.07) is 17.0. The van der Waals surface area contributed by atoms with Gasteiger partial charge in [0.1, 0.15) is 24.4 Å². The van der Waals surface area contributed by atoms with Crippen LogP contribution in [0.1, 0.15) is 108 Å². The monoisotopic (exact) mass is 488 g/mol. The van der Waals surface area contributed by atoms with E-state index in [1.54, 1.807) is 0 Å². The molecule has 3 rings (SSSR count). The number of carbonyl (C=O) groups is 2. The Hall–Kier alpha value is -2.68. The summed E-state index contributed by atoms with van der Waals surface area (Å²) in [7, 11) is 0. The first-order valence-electron chi connectivity index (χ1n) is 13.9. The zero-order valence-electron chi connectivity index (χ0n) is 22.5. The van der Waals surface area contributed by atoms with Gasteiger partial charge in [0, 0.05) is 19.3 Å². The highest BCUT2D eigenvalue weighted by Crippen LogP contribution is 2.44. The summed E-state index contributed by atoms with van der Waals surface area (Å²) < 4.78 is 6.51. The van der Waals surface area contributed by atoms with Crippen molar-refractivity contribution < 1.29 is 14.3 Å². The van der Waals surface area contributed by atoms with Crippen molar-refractivity contribution in [3.8, 4) is 5.75 Å². The number of ketones is 1. The number of hydrogen-bond donors (Lipinski definition) is 0. The van der Waals surface area contributed by atoms with Gasteiger partial charge in [0.25, 0.3) is 0 Å². The van der Waals surface area contributed by atoms with E-state index in [2.05, 4.69) is 57.2 Å². The molecule has 0 unspecified atom stereocenters. The number of rotatable bonds is 14. The zero-order valence-corrected chi connectivity index (χ0v) is 22.5. The highest BCUT2D eigenvalue weighted by Gasteiger charge is 2.32. The molecule has 0 bridgehead atoms. The van der Waals surface area contributed by atoms with Crippen molar-refractivity contribution in [3.05, 3.63) is 77.4 Å². The van der Waals surface area contributed by atoms with Gasteiger partial charge in [-0.1, -0.05) is 101 Å². The molecular formula is C33H44O3. The van der Waals surface area contributed by atoms with Crippen LogP contribution in [0.25, 0.3) is 0 Å². The normalized spacial score (nSPS) is 18.5. The fourth-order valence-electron chi connectivity index (χ4n) is 5.39. The van der Waals surface area contributed by atoms with E-state index in [1.165, 1.54) is 31.2 Å². The Bertz CT molecular complexity index is 989. The SMILES string of the molecule is CCCCCCC(C)(C)c1ccc([C@H]2CC(=O)CC[C@@H]2C/C=C/CC=O)c(OCc2ccccc2)c1. The van der Waals surface area contributed by atoms with Gasteiger partial charge in [-0.05, 0) is 59.3 Å². The van der Waals surface area contributed by atoms with Crippen molar-refractivity contribution in [1.29, 1.82) is 0 Å². The van der Waals surface area contributed by atoms with Gasteiger partial charge in [-0.3, -0.25) is 4.79 Å². The summed E-state index contributed by atoms with van der Waals surface area (Å²) in [6.07, 6.45) is 14.6. The first-order valence-corrected chi connectivity index (χ1v) is 13.9. The molecule has 2 aromatic carbocycles. The van der Waals surface area contributed by atoms with E-state index in [4.69, 9.17) is 4.74 Å². The topological polar surface area (TPSA) is 43.4 Å². The minimum Gasteiger partial charge on any atom is -0.489 e. The number of unbranched alkanes of at least 4 members (excludes halogenated alkanes) is 3. The number of hydrogen-bond acceptors (Lipinski definition) is 3. The van der Waals surface area contributed by atoms with Crippen LogP contribution in [0.5, 0.6) is 5.75 Å². The third-order valence-electron chi connectivity index (χ3n) is 7.74. The van der Waals surface area contributed by atoms with Crippen molar-refractivity contribution in [2.24, 2.45) is 5.92 Å². The maximum Gasteiger partial charge on any atom is 0.133 e. The maximum absolute atomic E-state index is 12.6. The molecule has 0 saturated heterocycles. The van der Waals surface area contributed by atoms with E-state index in [1.807, 2.05) is 24.3 Å². The molecule has 3 heteroatoms. The molecule has 1 aliphatic carbocycles. The van der Waals surface area contributed by atoms with E-state index in [0.29, 0.717) is 37.6 Å². The van der Waals surface area contributed by atoms with Crippen molar-refractivity contribution in [1.82, 2.24) is 0 Å². The van der Waals surface area contributed by atoms with Crippen LogP contribution in [0.3, 0.4) is 0 Å². The van der Waals surface area contributed by atoms with E-state index in [9.17, 15) is 9.59 Å². The second-order valence-corrected chi connectivity index (χ2v) is 11.0. The number of allylic oxidation sites excluding steroid dienone is 2. The third-order valence-corrected chi connectivity index (χ3v) is 7.74. The zero-order chi connectivity index (χ0) is 25.8. The van der Waals surface area contributed by atoms with Crippen molar-refractivity contribution >= 4 is 12.1 Å². The molecule has 1 saturated carbocycles. The third kappa shape index (κ3) is 8.18. The van der Waals surface area contributed by atoms with Crippen LogP contribution in [0.15, 0.2) is 60.7 Å². The van der Waals surface area contributed by atoms with Crippen LogP contribution >= 0.6 is 0 Å². The van der Waals surface area contributed by atoms with E-state index < -0.39 is 0 Å². The smallest absolute Gasteiger partial charge is 0.133 e. The van der Waals surface area contributed by atoms with Gasteiger partial charge < -0.3 is 9.53 Å². The largest absolute Gasteiger partial charge is 0.489 e. The van der Waals surface area contributed by atoms with Crippen molar-refractivity contribution in [2.45, 2.75) is 103 Å². The van der Waals surface area contributed by atoms with Crippen LogP contribution in [0.2, 0.25) is 0 Å².